The van der Waals surface area contributed by atoms with Crippen molar-refractivity contribution in [1.82, 2.24) is 10.3 Å². The van der Waals surface area contributed by atoms with E-state index < -0.39 is 11.4 Å². The van der Waals surface area contributed by atoms with Crippen molar-refractivity contribution in [3.8, 4) is 11.1 Å². The van der Waals surface area contributed by atoms with Crippen LogP contribution in [0.1, 0.15) is 48.8 Å². The number of likely N-dealkylation sites (N-methyl/N-ethyl adjacent to an activating group) is 1. The Kier molecular flexibility index (Phi) is 6.87. The summed E-state index contributed by atoms with van der Waals surface area (Å²) in [7, 11) is 2.01. The molecule has 3 aromatic carbocycles. The third-order valence-corrected chi connectivity index (χ3v) is 7.86. The van der Waals surface area contributed by atoms with Crippen molar-refractivity contribution in [1.29, 1.82) is 0 Å². The van der Waals surface area contributed by atoms with Crippen LogP contribution in [0.2, 0.25) is 5.02 Å². The normalized spacial score (nSPS) is 20.9. The summed E-state index contributed by atoms with van der Waals surface area (Å²) in [5.74, 6) is -0.556. The molecule has 2 N–H and O–H groups in total. The lowest BCUT2D eigenvalue weighted by atomic mass is 9.92. The molecule has 186 valence electrons. The van der Waals surface area contributed by atoms with Crippen LogP contribution >= 0.6 is 11.6 Å². The zero-order valence-corrected chi connectivity index (χ0v) is 21.4. The molecule has 1 saturated carbocycles. The summed E-state index contributed by atoms with van der Waals surface area (Å²) < 4.78 is 0. The van der Waals surface area contributed by atoms with Crippen LogP contribution in [0.25, 0.3) is 11.1 Å². The molecule has 5 nitrogen and oxygen atoms in total. The summed E-state index contributed by atoms with van der Waals surface area (Å²) >= 11 is 6.01. The Labute approximate surface area is 217 Å². The second-order valence-corrected chi connectivity index (χ2v) is 10.6. The van der Waals surface area contributed by atoms with E-state index in [1.807, 2.05) is 54.7 Å². The summed E-state index contributed by atoms with van der Waals surface area (Å²) in [4.78, 5) is 11.6. The summed E-state index contributed by atoms with van der Waals surface area (Å²) in [6, 6.07) is 25.0. The summed E-state index contributed by atoms with van der Waals surface area (Å²) in [6.07, 6.45) is 5.59. The van der Waals surface area contributed by atoms with E-state index in [9.17, 15) is 9.90 Å². The van der Waals surface area contributed by atoms with Gasteiger partial charge in [-0.1, -0.05) is 72.3 Å². The lowest BCUT2D eigenvalue weighted by molar-refractivity contribution is -0.140. The van der Waals surface area contributed by atoms with E-state index in [2.05, 4.69) is 53.7 Å². The van der Waals surface area contributed by atoms with Crippen LogP contribution in [0.15, 0.2) is 77.9 Å². The SMILES string of the molecule is CC(CCc1ccc(Cl)cc1)NC1C(c2ccc(-c3ccc(C4(C(=O)O)CC4)cc3)cc2)C=NN1C. The quantitative estimate of drug-likeness (QED) is 0.373. The fourth-order valence-corrected chi connectivity index (χ4v) is 5.21. The molecule has 1 heterocycles. The summed E-state index contributed by atoms with van der Waals surface area (Å²) in [6.45, 7) is 2.22. The first kappa shape index (κ1) is 24.5. The number of benzene rings is 3. The second kappa shape index (κ2) is 10.1. The minimum absolute atomic E-state index is 0.0982. The summed E-state index contributed by atoms with van der Waals surface area (Å²) in [5.41, 5.74) is 4.96. The number of carboxylic acids is 1. The minimum atomic E-state index is -0.717. The lowest BCUT2D eigenvalue weighted by Crippen LogP contribution is -2.46. The standard InChI is InChI=1S/C30H32ClN3O2/c1-20(3-4-21-5-15-26(31)16-6-21)33-28-27(19-32-34(28)2)24-9-7-22(8-10-24)23-11-13-25(14-12-23)30(17-18-30)29(35)36/h5-16,19-20,27-28,33H,3-4,17-18H2,1-2H3,(H,35,36). The molecule has 36 heavy (non-hydrogen) atoms. The largest absolute Gasteiger partial charge is 0.481 e. The molecule has 1 fully saturated rings. The molecule has 2 aliphatic rings. The fourth-order valence-electron chi connectivity index (χ4n) is 5.08. The number of aliphatic carboxylic acids is 1. The monoisotopic (exact) mass is 501 g/mol. The van der Waals surface area contributed by atoms with Gasteiger partial charge in [0.15, 0.2) is 0 Å². The maximum atomic E-state index is 11.6. The maximum Gasteiger partial charge on any atom is 0.314 e. The number of hydrogen-bond acceptors (Lipinski definition) is 4. The van der Waals surface area contributed by atoms with Crippen molar-refractivity contribution >= 4 is 23.8 Å². The zero-order chi connectivity index (χ0) is 25.3. The topological polar surface area (TPSA) is 64.9 Å². The van der Waals surface area contributed by atoms with Gasteiger partial charge in [-0.2, -0.15) is 5.10 Å². The van der Waals surface area contributed by atoms with E-state index >= 15 is 0 Å². The molecule has 0 saturated heterocycles. The van der Waals surface area contributed by atoms with Crippen molar-refractivity contribution in [2.24, 2.45) is 5.10 Å². The van der Waals surface area contributed by atoms with Gasteiger partial charge in [-0.25, -0.2) is 0 Å². The average molecular weight is 502 g/mol. The first-order valence-electron chi connectivity index (χ1n) is 12.6. The van der Waals surface area contributed by atoms with Gasteiger partial charge in [0.2, 0.25) is 0 Å². The van der Waals surface area contributed by atoms with E-state index in [0.29, 0.717) is 6.04 Å². The highest BCUT2D eigenvalue weighted by Crippen LogP contribution is 2.48. The van der Waals surface area contributed by atoms with Crippen molar-refractivity contribution in [2.75, 3.05) is 7.05 Å². The van der Waals surface area contributed by atoms with Crippen LogP contribution in [0.3, 0.4) is 0 Å². The number of halogens is 1. The smallest absolute Gasteiger partial charge is 0.314 e. The third kappa shape index (κ3) is 5.04. The molecule has 6 heteroatoms. The molecule has 3 atom stereocenters. The van der Waals surface area contributed by atoms with Gasteiger partial charge in [-0.3, -0.25) is 15.1 Å². The molecule has 0 aromatic heterocycles. The van der Waals surface area contributed by atoms with Gasteiger partial charge in [-0.15, -0.1) is 0 Å². The number of hydrogen-bond donors (Lipinski definition) is 2. The van der Waals surface area contributed by atoms with Gasteiger partial charge in [0.25, 0.3) is 0 Å². The van der Waals surface area contributed by atoms with Crippen molar-refractivity contribution < 1.29 is 9.90 Å². The number of nitrogens with zero attached hydrogens (tertiary/aromatic N) is 2. The number of nitrogens with one attached hydrogen (secondary N) is 1. The molecule has 0 spiro atoms. The Bertz CT molecular complexity index is 1230. The van der Waals surface area contributed by atoms with Gasteiger partial charge < -0.3 is 5.11 Å². The summed E-state index contributed by atoms with van der Waals surface area (Å²) in [5, 5.41) is 20.7. The van der Waals surface area contributed by atoms with Crippen molar-refractivity contribution in [3.05, 3.63) is 94.5 Å². The first-order valence-corrected chi connectivity index (χ1v) is 13.0. The van der Waals surface area contributed by atoms with Gasteiger partial charge in [-0.05, 0) is 72.6 Å². The van der Waals surface area contributed by atoms with Gasteiger partial charge >= 0.3 is 5.97 Å². The Hall–Kier alpha value is -3.15. The molecular formula is C30H32ClN3O2. The first-order chi connectivity index (χ1) is 17.4. The van der Waals surface area contributed by atoms with Crippen LogP contribution in [-0.4, -0.2) is 41.6 Å². The Morgan fingerprint density at radius 2 is 1.67 bits per heavy atom. The number of rotatable bonds is 9. The number of hydrazone groups is 1. The van der Waals surface area contributed by atoms with Crippen LogP contribution in [0.5, 0.6) is 0 Å². The molecule has 0 bridgehead atoms. The van der Waals surface area contributed by atoms with E-state index in [1.165, 1.54) is 11.1 Å². The number of carbonyl (C=O) groups is 1. The van der Waals surface area contributed by atoms with Crippen molar-refractivity contribution in [3.63, 3.8) is 0 Å². The van der Waals surface area contributed by atoms with Crippen LogP contribution in [-0.2, 0) is 16.6 Å². The highest BCUT2D eigenvalue weighted by Gasteiger charge is 2.51. The van der Waals surface area contributed by atoms with E-state index in [1.54, 1.807) is 0 Å². The maximum absolute atomic E-state index is 11.6. The molecule has 1 aliphatic carbocycles. The molecule has 1 aliphatic heterocycles. The molecule has 5 rings (SSSR count). The zero-order valence-electron chi connectivity index (χ0n) is 20.7. The highest BCUT2D eigenvalue weighted by molar-refractivity contribution is 6.30. The predicted molar refractivity (Wildman–Crippen MR) is 146 cm³/mol. The average Bonchev–Trinajstić information content (AvgIpc) is 3.63. The van der Waals surface area contributed by atoms with Crippen LogP contribution in [0.4, 0.5) is 0 Å². The lowest BCUT2D eigenvalue weighted by Gasteiger charge is -2.29. The Morgan fingerprint density at radius 1 is 1.06 bits per heavy atom. The molecule has 0 amide bonds. The van der Waals surface area contributed by atoms with E-state index in [4.69, 9.17) is 11.6 Å². The Morgan fingerprint density at radius 3 is 2.25 bits per heavy atom. The Balaban J connectivity index is 1.23. The molecule has 0 radical (unpaired) electrons. The number of carboxylic acid groups (broad SMARTS) is 1. The van der Waals surface area contributed by atoms with Gasteiger partial charge in [0.05, 0.1) is 11.3 Å². The fraction of sp³-hybridized carbons (Fsp3) is 0.333. The predicted octanol–water partition coefficient (Wildman–Crippen LogP) is 6.08. The third-order valence-electron chi connectivity index (χ3n) is 7.61. The van der Waals surface area contributed by atoms with Gasteiger partial charge in [0.1, 0.15) is 6.17 Å². The van der Waals surface area contributed by atoms with Crippen LogP contribution in [0, 0.1) is 0 Å². The molecular weight excluding hydrogens is 470 g/mol. The van der Waals surface area contributed by atoms with Gasteiger partial charge in [0, 0.05) is 24.3 Å². The second-order valence-electron chi connectivity index (χ2n) is 10.1. The highest BCUT2D eigenvalue weighted by atomic mass is 35.5. The minimum Gasteiger partial charge on any atom is -0.481 e. The molecule has 3 unspecified atom stereocenters. The van der Waals surface area contributed by atoms with Crippen LogP contribution < -0.4 is 5.32 Å². The van der Waals surface area contributed by atoms with Crippen molar-refractivity contribution in [2.45, 2.75) is 56.1 Å². The number of aryl methyl sites for hydroxylation is 1. The van der Waals surface area contributed by atoms with E-state index in [-0.39, 0.29) is 12.1 Å². The molecule has 3 aromatic rings. The van der Waals surface area contributed by atoms with E-state index in [0.717, 1.165) is 47.4 Å².